The zero-order valence-electron chi connectivity index (χ0n) is 12.5. The molecule has 0 aromatic heterocycles. The summed E-state index contributed by atoms with van der Waals surface area (Å²) >= 11 is 0. The van der Waals surface area contributed by atoms with Crippen molar-refractivity contribution in [1.29, 1.82) is 0 Å². The topological polar surface area (TPSA) is 0 Å². The lowest BCUT2D eigenvalue weighted by Gasteiger charge is -2.23. The molecule has 0 aliphatic carbocycles. The van der Waals surface area contributed by atoms with Crippen LogP contribution in [0, 0.1) is 6.26 Å². The summed E-state index contributed by atoms with van der Waals surface area (Å²) < 4.78 is 0. The van der Waals surface area contributed by atoms with Crippen LogP contribution in [0.5, 0.6) is 0 Å². The predicted molar refractivity (Wildman–Crippen MR) is 86.2 cm³/mol. The van der Waals surface area contributed by atoms with Gasteiger partial charge in [0.15, 0.2) is 0 Å². The molecule has 0 nitrogen and oxygen atoms in total. The fourth-order valence-corrected chi connectivity index (χ4v) is 3.61. The lowest BCUT2D eigenvalue weighted by Crippen LogP contribution is -2.06. The molecule has 2 unspecified atom stereocenters. The standard InChI is InChI=1S/C16H35S/c1-5-7-9-10-11-12-13-15-16(17(3)4)14-8-6-2/h16-17H,3,5-15H2,1-2,4H3. The molecule has 0 amide bonds. The number of thiol groups is 1. The maximum Gasteiger partial charge on any atom is -0.0139 e. The van der Waals surface area contributed by atoms with Gasteiger partial charge in [-0.3, -0.25) is 10.9 Å². The van der Waals surface area contributed by atoms with E-state index in [9.17, 15) is 0 Å². The average molecular weight is 260 g/mol. The van der Waals surface area contributed by atoms with E-state index < -0.39 is 0 Å². The average Bonchev–Trinajstić information content (AvgIpc) is 2.31. The van der Waals surface area contributed by atoms with E-state index in [2.05, 4.69) is 26.4 Å². The van der Waals surface area contributed by atoms with Crippen molar-refractivity contribution in [3.63, 3.8) is 0 Å². The second-order valence-corrected chi connectivity index (χ2v) is 7.71. The van der Waals surface area contributed by atoms with Crippen LogP contribution in [-0.4, -0.2) is 11.5 Å². The minimum absolute atomic E-state index is 0.0443. The van der Waals surface area contributed by atoms with E-state index in [1.165, 1.54) is 70.6 Å². The van der Waals surface area contributed by atoms with Crippen LogP contribution in [0.2, 0.25) is 0 Å². The Balaban J connectivity index is 3.41. The molecular weight excluding hydrogens is 224 g/mol. The Kier molecular flexibility index (Phi) is 13.1. The van der Waals surface area contributed by atoms with Crippen LogP contribution in [0.1, 0.15) is 84.5 Å². The maximum atomic E-state index is 4.30. The van der Waals surface area contributed by atoms with Gasteiger partial charge < -0.3 is 0 Å². The van der Waals surface area contributed by atoms with Crippen LogP contribution < -0.4 is 0 Å². The quantitative estimate of drug-likeness (QED) is 0.317. The second kappa shape index (κ2) is 12.8. The molecular formula is C16H35S. The van der Waals surface area contributed by atoms with Gasteiger partial charge in [-0.25, -0.2) is 0 Å². The minimum Gasteiger partial charge on any atom is -0.253 e. The van der Waals surface area contributed by atoms with E-state index >= 15 is 0 Å². The summed E-state index contributed by atoms with van der Waals surface area (Å²) in [6, 6.07) is 0. The van der Waals surface area contributed by atoms with Crippen molar-refractivity contribution in [1.82, 2.24) is 0 Å². The van der Waals surface area contributed by atoms with Crippen LogP contribution in [0.15, 0.2) is 0 Å². The molecule has 0 aromatic carbocycles. The van der Waals surface area contributed by atoms with Crippen LogP contribution >= 0.6 is 10.9 Å². The predicted octanol–water partition coefficient (Wildman–Crippen LogP) is 6.11. The summed E-state index contributed by atoms with van der Waals surface area (Å²) in [6.45, 7) is 4.59. The molecule has 17 heavy (non-hydrogen) atoms. The molecule has 0 saturated heterocycles. The van der Waals surface area contributed by atoms with E-state index in [0.29, 0.717) is 0 Å². The van der Waals surface area contributed by atoms with Crippen LogP contribution in [0.4, 0.5) is 0 Å². The summed E-state index contributed by atoms with van der Waals surface area (Å²) in [4.78, 5) is 0. The van der Waals surface area contributed by atoms with Gasteiger partial charge in [0.05, 0.1) is 0 Å². The molecule has 0 N–H and O–H groups in total. The first-order chi connectivity index (χ1) is 8.22. The highest BCUT2D eigenvalue weighted by Crippen LogP contribution is 2.32. The molecule has 0 aliphatic heterocycles. The number of unbranched alkanes of at least 4 members (excludes halogenated alkanes) is 7. The smallest absolute Gasteiger partial charge is 0.0139 e. The third kappa shape index (κ3) is 11.2. The Hall–Kier alpha value is 0.350. The first-order valence-corrected chi connectivity index (χ1v) is 9.80. The summed E-state index contributed by atoms with van der Waals surface area (Å²) in [6.07, 6.45) is 22.3. The molecule has 0 fully saturated rings. The lowest BCUT2D eigenvalue weighted by atomic mass is 10.1. The number of rotatable bonds is 12. The molecule has 0 saturated carbocycles. The van der Waals surface area contributed by atoms with Gasteiger partial charge in [-0.2, -0.15) is 0 Å². The molecule has 1 heteroatoms. The van der Waals surface area contributed by atoms with Gasteiger partial charge in [0.25, 0.3) is 0 Å². The Labute approximate surface area is 113 Å². The van der Waals surface area contributed by atoms with E-state index in [1.54, 1.807) is 0 Å². The summed E-state index contributed by atoms with van der Waals surface area (Å²) in [5.41, 5.74) is 0. The van der Waals surface area contributed by atoms with Crippen LogP contribution in [0.3, 0.4) is 0 Å². The number of hydrogen-bond donors (Lipinski definition) is 1. The van der Waals surface area contributed by atoms with Crippen molar-refractivity contribution in [3.8, 4) is 0 Å². The third-order valence-electron chi connectivity index (χ3n) is 3.66. The van der Waals surface area contributed by atoms with Gasteiger partial charge in [-0.05, 0) is 30.6 Å². The zero-order valence-corrected chi connectivity index (χ0v) is 13.4. The normalized spacial score (nSPS) is 13.8. The molecule has 2 atom stereocenters. The highest BCUT2D eigenvalue weighted by atomic mass is 32.2. The summed E-state index contributed by atoms with van der Waals surface area (Å²) in [5, 5.41) is 0.945. The Morgan fingerprint density at radius 1 is 0.765 bits per heavy atom. The van der Waals surface area contributed by atoms with E-state index in [1.807, 2.05) is 0 Å². The van der Waals surface area contributed by atoms with E-state index in [0.717, 1.165) is 5.25 Å². The molecule has 0 heterocycles. The van der Waals surface area contributed by atoms with Crippen LogP contribution in [0.25, 0.3) is 0 Å². The molecule has 0 aliphatic rings. The third-order valence-corrected chi connectivity index (χ3v) is 5.42. The van der Waals surface area contributed by atoms with Crippen molar-refractivity contribution in [2.75, 3.05) is 6.26 Å². The molecule has 1 radical (unpaired) electrons. The van der Waals surface area contributed by atoms with Crippen LogP contribution in [-0.2, 0) is 0 Å². The Morgan fingerprint density at radius 2 is 1.24 bits per heavy atom. The van der Waals surface area contributed by atoms with Crippen molar-refractivity contribution in [2.45, 2.75) is 89.7 Å². The number of hydrogen-bond acceptors (Lipinski definition) is 0. The fraction of sp³-hybridized carbons (Fsp3) is 0.938. The van der Waals surface area contributed by atoms with Gasteiger partial charge in [-0.15, -0.1) is 0 Å². The van der Waals surface area contributed by atoms with Gasteiger partial charge in [0.2, 0.25) is 0 Å². The fourth-order valence-electron chi connectivity index (χ4n) is 2.36. The highest BCUT2D eigenvalue weighted by Gasteiger charge is 2.09. The SMILES string of the molecule is [CH2][SH](C)C(CCCC)CCCCCCCCC. The molecule has 0 rings (SSSR count). The lowest BCUT2D eigenvalue weighted by molar-refractivity contribution is 0.554. The molecule has 0 aromatic rings. The van der Waals surface area contributed by atoms with Gasteiger partial charge in [0.1, 0.15) is 0 Å². The van der Waals surface area contributed by atoms with Crippen molar-refractivity contribution in [2.24, 2.45) is 0 Å². The summed E-state index contributed by atoms with van der Waals surface area (Å²) in [7, 11) is 0.0443. The maximum absolute atomic E-state index is 4.30. The van der Waals surface area contributed by atoms with Gasteiger partial charge in [-0.1, -0.05) is 71.6 Å². The van der Waals surface area contributed by atoms with Gasteiger partial charge >= 0.3 is 0 Å². The second-order valence-electron chi connectivity index (χ2n) is 5.46. The Bertz CT molecular complexity index is 142. The first kappa shape index (κ1) is 17.4. The molecule has 0 spiro atoms. The largest absolute Gasteiger partial charge is 0.253 e. The van der Waals surface area contributed by atoms with E-state index in [-0.39, 0.29) is 10.9 Å². The molecule has 105 valence electrons. The summed E-state index contributed by atoms with van der Waals surface area (Å²) in [5.74, 6) is 0. The molecule has 0 bridgehead atoms. The van der Waals surface area contributed by atoms with Crippen molar-refractivity contribution >= 4 is 10.9 Å². The van der Waals surface area contributed by atoms with E-state index in [4.69, 9.17) is 0 Å². The highest BCUT2D eigenvalue weighted by molar-refractivity contribution is 8.18. The first-order valence-electron chi connectivity index (χ1n) is 7.75. The van der Waals surface area contributed by atoms with Crippen molar-refractivity contribution in [3.05, 3.63) is 6.26 Å². The van der Waals surface area contributed by atoms with Gasteiger partial charge in [0, 0.05) is 0 Å². The minimum atomic E-state index is 0.0443. The zero-order chi connectivity index (χ0) is 12.9. The monoisotopic (exact) mass is 259 g/mol. The van der Waals surface area contributed by atoms with Crippen molar-refractivity contribution < 1.29 is 0 Å². The Morgan fingerprint density at radius 3 is 1.76 bits per heavy atom.